The fourth-order valence-electron chi connectivity index (χ4n) is 1.60. The zero-order valence-electron chi connectivity index (χ0n) is 10.8. The molecule has 5 heteroatoms. The van der Waals surface area contributed by atoms with E-state index in [1.807, 2.05) is 6.07 Å². The van der Waals surface area contributed by atoms with Gasteiger partial charge in [-0.3, -0.25) is 0 Å². The lowest BCUT2D eigenvalue weighted by atomic mass is 10.2. The molecular weight excluding hydrogens is 309 g/mol. The van der Waals surface area contributed by atoms with Gasteiger partial charge in [-0.25, -0.2) is 14.4 Å². The van der Waals surface area contributed by atoms with E-state index in [0.717, 1.165) is 21.7 Å². The van der Waals surface area contributed by atoms with Gasteiger partial charge in [0.25, 0.3) is 0 Å². The van der Waals surface area contributed by atoms with Gasteiger partial charge in [0.05, 0.1) is 0 Å². The van der Waals surface area contributed by atoms with E-state index in [1.165, 1.54) is 12.1 Å². The van der Waals surface area contributed by atoms with E-state index in [2.05, 4.69) is 45.1 Å². The monoisotopic (exact) mass is 323 g/mol. The molecule has 0 fully saturated rings. The highest BCUT2D eigenvalue weighted by molar-refractivity contribution is 9.10. The van der Waals surface area contributed by atoms with Crippen molar-refractivity contribution in [2.45, 2.75) is 26.3 Å². The minimum Gasteiger partial charge on any atom is -0.366 e. The standard InChI is InChI=1S/C14H15BrFN3/c1-9(2)14-17-6-5-13(19-14)18-8-10-3-4-11(16)7-12(10)15/h3-7,9H,8H2,1-2H3,(H,17,18,19). The average Bonchev–Trinajstić information content (AvgIpc) is 2.38. The number of nitrogens with zero attached hydrogens (tertiary/aromatic N) is 2. The number of hydrogen-bond donors (Lipinski definition) is 1. The lowest BCUT2D eigenvalue weighted by Crippen LogP contribution is -2.05. The maximum absolute atomic E-state index is 13.0. The van der Waals surface area contributed by atoms with Crippen molar-refractivity contribution in [3.8, 4) is 0 Å². The summed E-state index contributed by atoms with van der Waals surface area (Å²) < 4.78 is 13.7. The molecule has 0 aliphatic heterocycles. The Balaban J connectivity index is 2.08. The summed E-state index contributed by atoms with van der Waals surface area (Å²) in [6, 6.07) is 6.47. The molecule has 2 aromatic rings. The summed E-state index contributed by atoms with van der Waals surface area (Å²) in [5.41, 5.74) is 0.978. The minimum atomic E-state index is -0.250. The van der Waals surface area contributed by atoms with E-state index >= 15 is 0 Å². The first-order chi connectivity index (χ1) is 9.06. The second-order valence-electron chi connectivity index (χ2n) is 4.54. The fourth-order valence-corrected chi connectivity index (χ4v) is 2.09. The predicted molar refractivity (Wildman–Crippen MR) is 77.5 cm³/mol. The van der Waals surface area contributed by atoms with Crippen LogP contribution in [0.4, 0.5) is 10.2 Å². The van der Waals surface area contributed by atoms with Gasteiger partial charge in [-0.15, -0.1) is 0 Å². The summed E-state index contributed by atoms with van der Waals surface area (Å²) in [6.45, 7) is 4.68. The smallest absolute Gasteiger partial charge is 0.133 e. The van der Waals surface area contributed by atoms with E-state index in [0.29, 0.717) is 12.5 Å². The maximum atomic E-state index is 13.0. The largest absolute Gasteiger partial charge is 0.366 e. The third-order valence-corrected chi connectivity index (χ3v) is 3.40. The van der Waals surface area contributed by atoms with Crippen LogP contribution >= 0.6 is 15.9 Å². The number of nitrogens with one attached hydrogen (secondary N) is 1. The second-order valence-corrected chi connectivity index (χ2v) is 5.40. The zero-order chi connectivity index (χ0) is 13.8. The number of hydrogen-bond acceptors (Lipinski definition) is 3. The Hall–Kier alpha value is -1.49. The van der Waals surface area contributed by atoms with E-state index in [4.69, 9.17) is 0 Å². The number of aromatic nitrogens is 2. The molecule has 19 heavy (non-hydrogen) atoms. The van der Waals surface area contributed by atoms with Gasteiger partial charge in [0.1, 0.15) is 17.5 Å². The summed E-state index contributed by atoms with van der Waals surface area (Å²) >= 11 is 3.35. The van der Waals surface area contributed by atoms with Crippen molar-refractivity contribution < 1.29 is 4.39 Å². The van der Waals surface area contributed by atoms with Crippen LogP contribution in [0.15, 0.2) is 34.9 Å². The van der Waals surface area contributed by atoms with Crippen LogP contribution in [0.3, 0.4) is 0 Å². The molecule has 1 N–H and O–H groups in total. The molecule has 0 unspecified atom stereocenters. The SMILES string of the molecule is CC(C)c1nccc(NCc2ccc(F)cc2Br)n1. The first kappa shape index (κ1) is 13.9. The van der Waals surface area contributed by atoms with Gasteiger partial charge in [0, 0.05) is 23.1 Å². The van der Waals surface area contributed by atoms with Crippen molar-refractivity contribution in [1.29, 1.82) is 0 Å². The Morgan fingerprint density at radius 3 is 2.79 bits per heavy atom. The van der Waals surface area contributed by atoms with Crippen molar-refractivity contribution >= 4 is 21.7 Å². The molecule has 0 bridgehead atoms. The van der Waals surface area contributed by atoms with Crippen molar-refractivity contribution in [2.24, 2.45) is 0 Å². The zero-order valence-corrected chi connectivity index (χ0v) is 12.4. The Morgan fingerprint density at radius 2 is 2.11 bits per heavy atom. The average molecular weight is 324 g/mol. The van der Waals surface area contributed by atoms with Crippen LogP contribution < -0.4 is 5.32 Å². The summed E-state index contributed by atoms with van der Waals surface area (Å²) in [5.74, 6) is 1.62. The van der Waals surface area contributed by atoms with Gasteiger partial charge >= 0.3 is 0 Å². The molecule has 1 heterocycles. The van der Waals surface area contributed by atoms with Crippen LogP contribution in [0.25, 0.3) is 0 Å². The molecule has 1 aromatic carbocycles. The maximum Gasteiger partial charge on any atom is 0.133 e. The fraction of sp³-hybridized carbons (Fsp3) is 0.286. The lowest BCUT2D eigenvalue weighted by Gasteiger charge is -2.09. The van der Waals surface area contributed by atoms with Crippen LogP contribution in [0, 0.1) is 5.82 Å². The summed E-state index contributed by atoms with van der Waals surface area (Å²) in [5, 5.41) is 3.21. The van der Waals surface area contributed by atoms with E-state index in [-0.39, 0.29) is 5.82 Å². The molecule has 1 aromatic heterocycles. The van der Waals surface area contributed by atoms with Gasteiger partial charge in [0.2, 0.25) is 0 Å². The van der Waals surface area contributed by atoms with Crippen molar-refractivity contribution in [1.82, 2.24) is 9.97 Å². The van der Waals surface area contributed by atoms with Crippen molar-refractivity contribution in [3.63, 3.8) is 0 Å². The number of halogens is 2. The Bertz CT molecular complexity index is 572. The third-order valence-electron chi connectivity index (χ3n) is 2.67. The second kappa shape index (κ2) is 6.10. The number of rotatable bonds is 4. The molecule has 0 aliphatic carbocycles. The Kier molecular flexibility index (Phi) is 4.47. The van der Waals surface area contributed by atoms with Crippen LogP contribution in [0.1, 0.15) is 31.2 Å². The van der Waals surface area contributed by atoms with E-state index in [1.54, 1.807) is 12.3 Å². The summed E-state index contributed by atoms with van der Waals surface area (Å²) in [7, 11) is 0. The van der Waals surface area contributed by atoms with E-state index in [9.17, 15) is 4.39 Å². The van der Waals surface area contributed by atoms with Crippen LogP contribution in [-0.4, -0.2) is 9.97 Å². The quantitative estimate of drug-likeness (QED) is 0.919. The first-order valence-electron chi connectivity index (χ1n) is 6.07. The van der Waals surface area contributed by atoms with Gasteiger partial charge in [0.15, 0.2) is 0 Å². The Labute approximate surface area is 120 Å². The molecule has 0 atom stereocenters. The van der Waals surface area contributed by atoms with Gasteiger partial charge < -0.3 is 5.32 Å². The highest BCUT2D eigenvalue weighted by Gasteiger charge is 2.05. The Morgan fingerprint density at radius 1 is 1.32 bits per heavy atom. The molecule has 2 rings (SSSR count). The van der Waals surface area contributed by atoms with Crippen molar-refractivity contribution in [3.05, 3.63) is 52.1 Å². The van der Waals surface area contributed by atoms with E-state index < -0.39 is 0 Å². The van der Waals surface area contributed by atoms with Crippen LogP contribution in [0.2, 0.25) is 0 Å². The van der Waals surface area contributed by atoms with Gasteiger partial charge in [-0.05, 0) is 23.8 Å². The van der Waals surface area contributed by atoms with Crippen molar-refractivity contribution in [2.75, 3.05) is 5.32 Å². The number of benzene rings is 1. The molecule has 0 spiro atoms. The molecular formula is C14H15BrFN3. The minimum absolute atomic E-state index is 0.250. The van der Waals surface area contributed by atoms with Crippen LogP contribution in [-0.2, 0) is 6.54 Å². The molecule has 0 aliphatic rings. The predicted octanol–water partition coefficient (Wildman–Crippen LogP) is 4.11. The lowest BCUT2D eigenvalue weighted by molar-refractivity contribution is 0.626. The molecule has 0 saturated carbocycles. The molecule has 0 amide bonds. The highest BCUT2D eigenvalue weighted by Crippen LogP contribution is 2.19. The first-order valence-corrected chi connectivity index (χ1v) is 6.86. The highest BCUT2D eigenvalue weighted by atomic mass is 79.9. The topological polar surface area (TPSA) is 37.8 Å². The molecule has 100 valence electrons. The van der Waals surface area contributed by atoms with Gasteiger partial charge in [-0.2, -0.15) is 0 Å². The van der Waals surface area contributed by atoms with Crippen LogP contribution in [0.5, 0.6) is 0 Å². The van der Waals surface area contributed by atoms with Gasteiger partial charge in [-0.1, -0.05) is 35.8 Å². The molecule has 0 radical (unpaired) electrons. The number of anilines is 1. The third kappa shape index (κ3) is 3.73. The summed E-state index contributed by atoms with van der Waals surface area (Å²) in [6.07, 6.45) is 1.74. The normalized spacial score (nSPS) is 10.8. The molecule has 3 nitrogen and oxygen atoms in total. The summed E-state index contributed by atoms with van der Waals surface area (Å²) in [4.78, 5) is 8.64. The molecule has 0 saturated heterocycles.